The highest BCUT2D eigenvalue weighted by molar-refractivity contribution is 8.04. The fraction of sp³-hybridized carbons (Fsp3) is 0.111. The van der Waals surface area contributed by atoms with Gasteiger partial charge in [-0.2, -0.15) is 0 Å². The van der Waals surface area contributed by atoms with Gasteiger partial charge < -0.3 is 24.9 Å². The summed E-state index contributed by atoms with van der Waals surface area (Å²) in [6, 6.07) is 52.2. The topological polar surface area (TPSA) is 141 Å². The molecular weight excluding hydrogens is 727 g/mol. The summed E-state index contributed by atoms with van der Waals surface area (Å²) in [7, 11) is 0. The Balaban J connectivity index is 1.20. The Labute approximate surface area is 327 Å². The van der Waals surface area contributed by atoms with E-state index in [4.69, 9.17) is 9.57 Å². The van der Waals surface area contributed by atoms with E-state index in [1.54, 1.807) is 0 Å². The van der Waals surface area contributed by atoms with Crippen molar-refractivity contribution in [1.82, 2.24) is 5.32 Å². The smallest absolute Gasteiger partial charge is 0.356 e. The molecule has 3 unspecified atom stereocenters. The van der Waals surface area contributed by atoms with E-state index < -0.39 is 46.9 Å². The van der Waals surface area contributed by atoms with Crippen molar-refractivity contribution in [3.8, 4) is 11.5 Å². The Hall–Kier alpha value is -6.69. The second-order valence-electron chi connectivity index (χ2n) is 13.3. The van der Waals surface area contributed by atoms with Gasteiger partial charge in [-0.1, -0.05) is 158 Å². The van der Waals surface area contributed by atoms with Crippen LogP contribution in [0.15, 0.2) is 186 Å². The minimum Gasteiger partial charge on any atom is -0.504 e. The van der Waals surface area contributed by atoms with E-state index in [1.165, 1.54) is 34.7 Å². The van der Waals surface area contributed by atoms with E-state index in [9.17, 15) is 24.9 Å². The van der Waals surface area contributed by atoms with Crippen molar-refractivity contribution in [2.24, 2.45) is 11.2 Å². The molecule has 0 spiro atoms. The molecule has 6 aromatic carbocycles. The number of hydrogen-bond acceptors (Lipinski definition) is 9. The summed E-state index contributed by atoms with van der Waals surface area (Å²) < 4.78 is 7.66. The monoisotopic (exact) mass is 762 g/mol. The maximum Gasteiger partial charge on any atom is 0.356 e. The lowest BCUT2D eigenvalue weighted by atomic mass is 9.77. The maximum absolute atomic E-state index is 14.3. The average molecular weight is 763 g/mol. The normalized spacial score (nSPS) is 17.3. The number of nitrogens with zero attached hydrogens (tertiary/aromatic N) is 2. The van der Waals surface area contributed by atoms with Crippen molar-refractivity contribution in [1.29, 1.82) is 0 Å². The summed E-state index contributed by atoms with van der Waals surface area (Å²) in [5.74, 6) is -3.62. The lowest BCUT2D eigenvalue weighted by Crippen LogP contribution is -2.51. The lowest BCUT2D eigenvalue weighted by Gasteiger charge is -2.37. The molecule has 1 heterocycles. The van der Waals surface area contributed by atoms with Gasteiger partial charge in [-0.25, -0.2) is 10.1 Å². The van der Waals surface area contributed by atoms with Crippen LogP contribution in [0.5, 0.6) is 11.5 Å². The highest BCUT2D eigenvalue weighted by Crippen LogP contribution is 2.57. The molecule has 0 fully saturated rings. The van der Waals surface area contributed by atoms with Gasteiger partial charge in [-0.3, -0.25) is 4.79 Å². The molecule has 2 aliphatic rings. The standard InChI is InChI=1S/C45H35N3O7S/c49-35-27-26-31(28-36(35)50)40(43(53)54-39(29-16-6-1-7-17-29)30-18-8-2-9-19-30)55-47-48-38-37(42(51)52)41(38)56-44(48)46-45(32-20-10-3-11-21-32,33-22-12-4-13-23-33)34-24-14-5-15-25-34/h1-28,37,39-40,44,46-47H,(H,51,52)/p+1. The van der Waals surface area contributed by atoms with E-state index in [0.29, 0.717) is 21.7 Å². The summed E-state index contributed by atoms with van der Waals surface area (Å²) >= 11 is 1.31. The van der Waals surface area contributed by atoms with Crippen LogP contribution in [-0.2, 0) is 24.7 Å². The molecular formula is C45H36N3O7S+. The first kappa shape index (κ1) is 36.3. The fourth-order valence-corrected chi connectivity index (χ4v) is 8.42. The van der Waals surface area contributed by atoms with Crippen molar-refractivity contribution in [3.63, 3.8) is 0 Å². The fourth-order valence-electron chi connectivity index (χ4n) is 7.07. The molecule has 1 aliphatic carbocycles. The summed E-state index contributed by atoms with van der Waals surface area (Å²) in [6.07, 6.45) is -2.37. The Bertz CT molecular complexity index is 2280. The van der Waals surface area contributed by atoms with Crippen LogP contribution in [0, 0.1) is 5.92 Å². The van der Waals surface area contributed by atoms with Gasteiger partial charge in [0.05, 0.1) is 4.91 Å². The molecule has 56 heavy (non-hydrogen) atoms. The minimum atomic E-state index is -1.55. The molecule has 0 amide bonds. The van der Waals surface area contributed by atoms with Crippen LogP contribution < -0.4 is 5.32 Å². The molecule has 0 saturated heterocycles. The third kappa shape index (κ3) is 7.01. The molecule has 10 nitrogen and oxygen atoms in total. The summed E-state index contributed by atoms with van der Waals surface area (Å²) in [5.41, 5.74) is 3.13. The predicted molar refractivity (Wildman–Crippen MR) is 209 cm³/mol. The van der Waals surface area contributed by atoms with Crippen molar-refractivity contribution in [2.75, 3.05) is 0 Å². The number of nitrogens with one attached hydrogen (secondary N) is 1. The van der Waals surface area contributed by atoms with Crippen LogP contribution in [0.1, 0.15) is 45.6 Å². The zero-order valence-corrected chi connectivity index (χ0v) is 30.6. The average Bonchev–Trinajstić information content (AvgIpc) is 3.85. The van der Waals surface area contributed by atoms with Gasteiger partial charge in [0.1, 0.15) is 5.54 Å². The van der Waals surface area contributed by atoms with Gasteiger partial charge >= 0.3 is 11.9 Å². The van der Waals surface area contributed by atoms with Crippen molar-refractivity contribution in [3.05, 3.63) is 214 Å². The number of carboxylic acid groups (broad SMARTS) is 1. The number of carbonyl (C=O) groups excluding carboxylic acids is 1. The second-order valence-corrected chi connectivity index (χ2v) is 14.4. The Morgan fingerprint density at radius 1 is 0.661 bits per heavy atom. The van der Waals surface area contributed by atoms with Gasteiger partial charge in [-0.15, -0.1) is 0 Å². The van der Waals surface area contributed by atoms with E-state index in [1.807, 2.05) is 152 Å². The van der Waals surface area contributed by atoms with Crippen LogP contribution in [0.4, 0.5) is 0 Å². The number of phenols is 2. The summed E-state index contributed by atoms with van der Waals surface area (Å²) in [4.78, 5) is 33.5. The number of hydrogen-bond donors (Lipinski definition) is 4. The molecule has 8 rings (SSSR count). The van der Waals surface area contributed by atoms with E-state index in [2.05, 4.69) is 10.6 Å². The van der Waals surface area contributed by atoms with Crippen molar-refractivity contribution >= 4 is 23.7 Å². The van der Waals surface area contributed by atoms with Gasteiger partial charge in [0, 0.05) is 5.56 Å². The van der Waals surface area contributed by atoms with Crippen LogP contribution in [0.3, 0.4) is 0 Å². The molecule has 0 saturated carbocycles. The van der Waals surface area contributed by atoms with Gasteiger partial charge in [0.2, 0.25) is 5.70 Å². The third-order valence-electron chi connectivity index (χ3n) is 9.82. The first-order valence-corrected chi connectivity index (χ1v) is 18.8. The quantitative estimate of drug-likeness (QED) is 0.0300. The van der Waals surface area contributed by atoms with Crippen molar-refractivity contribution in [2.45, 2.75) is 23.2 Å². The highest BCUT2D eigenvalue weighted by Gasteiger charge is 2.64. The Kier molecular flexibility index (Phi) is 10.1. The van der Waals surface area contributed by atoms with Crippen LogP contribution in [-0.4, -0.2) is 37.5 Å². The van der Waals surface area contributed by atoms with Crippen LogP contribution in [0.25, 0.3) is 0 Å². The first-order chi connectivity index (χ1) is 27.3. The van der Waals surface area contributed by atoms with E-state index in [0.717, 1.165) is 16.7 Å². The molecule has 0 radical (unpaired) electrons. The number of aliphatic carboxylic acids is 1. The number of carboxylic acids is 1. The molecule has 278 valence electrons. The molecule has 4 N–H and O–H groups in total. The maximum atomic E-state index is 14.3. The van der Waals surface area contributed by atoms with E-state index in [-0.39, 0.29) is 11.3 Å². The number of phenolic OH excluding ortho intramolecular Hbond substituents is 2. The Morgan fingerprint density at radius 2 is 1.14 bits per heavy atom. The summed E-state index contributed by atoms with van der Waals surface area (Å²) in [5, 5.41) is 39.1. The second kappa shape index (κ2) is 15.6. The minimum absolute atomic E-state index is 0.150. The molecule has 0 bridgehead atoms. The van der Waals surface area contributed by atoms with Gasteiger partial charge in [0.15, 0.2) is 28.8 Å². The zero-order valence-electron chi connectivity index (χ0n) is 29.8. The lowest BCUT2D eigenvalue weighted by molar-refractivity contribution is -0.590. The van der Waals surface area contributed by atoms with Gasteiger partial charge in [0.25, 0.3) is 11.6 Å². The SMILES string of the molecule is O=C(O)C1C2=C1[N+](=NOC(C(=O)OC(c1ccccc1)c1ccccc1)c1ccc(O)c(O)c1)C(NC(c1ccccc1)(c1ccccc1)c1ccccc1)S2. The van der Waals surface area contributed by atoms with Crippen molar-refractivity contribution < 1.29 is 39.2 Å². The third-order valence-corrected chi connectivity index (χ3v) is 11.1. The van der Waals surface area contributed by atoms with Crippen LogP contribution in [0.2, 0.25) is 0 Å². The number of carbonyl (C=O) groups is 2. The molecule has 0 aromatic heterocycles. The number of benzene rings is 6. The number of thioether (sulfide) groups is 1. The molecule has 11 heteroatoms. The molecule has 3 atom stereocenters. The highest BCUT2D eigenvalue weighted by atomic mass is 32.2. The number of aromatic hydroxyl groups is 2. The zero-order chi connectivity index (χ0) is 38.6. The number of rotatable bonds is 13. The summed E-state index contributed by atoms with van der Waals surface area (Å²) in [6.45, 7) is 0. The number of esters is 1. The van der Waals surface area contributed by atoms with Gasteiger partial charge in [-0.05, 0) is 56.4 Å². The molecule has 1 aliphatic heterocycles. The predicted octanol–water partition coefficient (Wildman–Crippen LogP) is 8.41. The molecule has 6 aromatic rings. The Morgan fingerprint density at radius 3 is 1.61 bits per heavy atom. The number of ether oxygens (including phenoxy) is 1. The van der Waals surface area contributed by atoms with E-state index >= 15 is 0 Å². The largest absolute Gasteiger partial charge is 0.504 e. The van der Waals surface area contributed by atoms with Crippen LogP contribution >= 0.6 is 11.8 Å². The first-order valence-electron chi connectivity index (χ1n) is 17.9.